The Kier molecular flexibility index (Phi) is 6.58. The van der Waals surface area contributed by atoms with Crippen molar-refractivity contribution >= 4 is 17.7 Å². The molecule has 0 radical (unpaired) electrons. The summed E-state index contributed by atoms with van der Waals surface area (Å²) in [5.74, 6) is 0.748. The maximum Gasteiger partial charge on any atom is 0.230 e. The molecule has 2 N–H and O–H groups in total. The van der Waals surface area contributed by atoms with Crippen LogP contribution in [0.4, 0.5) is 0 Å². The second-order valence-corrected chi connectivity index (χ2v) is 7.86. The van der Waals surface area contributed by atoms with Crippen molar-refractivity contribution in [3.63, 3.8) is 0 Å². The van der Waals surface area contributed by atoms with Gasteiger partial charge in [0.2, 0.25) is 5.91 Å². The third-order valence-corrected chi connectivity index (χ3v) is 5.73. The third kappa shape index (κ3) is 4.98. The van der Waals surface area contributed by atoms with Gasteiger partial charge in [0, 0.05) is 24.7 Å². The lowest BCUT2D eigenvalue weighted by molar-refractivity contribution is -0.120. The monoisotopic (exact) mass is 347 g/mol. The molecule has 1 aliphatic carbocycles. The van der Waals surface area contributed by atoms with E-state index in [2.05, 4.69) is 45.9 Å². The molecule has 1 aliphatic heterocycles. The van der Waals surface area contributed by atoms with Gasteiger partial charge >= 0.3 is 0 Å². The zero-order valence-corrected chi connectivity index (χ0v) is 15.4. The molecule has 2 aliphatic rings. The van der Waals surface area contributed by atoms with E-state index in [9.17, 15) is 4.79 Å². The lowest BCUT2D eigenvalue weighted by Crippen LogP contribution is -2.60. The van der Waals surface area contributed by atoms with E-state index in [0.717, 1.165) is 26.1 Å². The number of hydrogen-bond donors (Lipinski definition) is 2. The summed E-state index contributed by atoms with van der Waals surface area (Å²) in [5, 5.41) is 6.95. The average molecular weight is 348 g/mol. The molecule has 0 aromatic heterocycles. The van der Waals surface area contributed by atoms with E-state index in [1.807, 2.05) is 6.26 Å². The summed E-state index contributed by atoms with van der Waals surface area (Å²) < 4.78 is 0. The second kappa shape index (κ2) is 8.88. The minimum Gasteiger partial charge on any atom is -0.351 e. The van der Waals surface area contributed by atoms with Crippen LogP contribution in [0, 0.1) is 0 Å². The molecular weight excluding hydrogens is 318 g/mol. The number of piperidine rings is 1. The van der Waals surface area contributed by atoms with Crippen LogP contribution in [0.5, 0.6) is 0 Å². The summed E-state index contributed by atoms with van der Waals surface area (Å²) in [4.78, 5) is 14.3. The SMILES string of the molecule is CSCC(=O)NC1CCC1NC1CCN(Cc2ccccc2)CC1. The maximum absolute atomic E-state index is 11.7. The van der Waals surface area contributed by atoms with Crippen molar-refractivity contribution in [1.29, 1.82) is 0 Å². The first-order chi connectivity index (χ1) is 11.7. The second-order valence-electron chi connectivity index (χ2n) is 6.99. The molecule has 1 aromatic carbocycles. The predicted molar refractivity (Wildman–Crippen MR) is 101 cm³/mol. The van der Waals surface area contributed by atoms with Crippen molar-refractivity contribution in [3.8, 4) is 0 Å². The van der Waals surface area contributed by atoms with Crippen molar-refractivity contribution in [2.45, 2.75) is 50.4 Å². The Morgan fingerprint density at radius 1 is 1.12 bits per heavy atom. The van der Waals surface area contributed by atoms with Gasteiger partial charge in [0.15, 0.2) is 0 Å². The van der Waals surface area contributed by atoms with Gasteiger partial charge in [0.05, 0.1) is 5.75 Å². The highest BCUT2D eigenvalue weighted by Crippen LogP contribution is 2.23. The minimum absolute atomic E-state index is 0.177. The van der Waals surface area contributed by atoms with Crippen molar-refractivity contribution < 1.29 is 4.79 Å². The molecular formula is C19H29N3OS. The number of carbonyl (C=O) groups is 1. The highest BCUT2D eigenvalue weighted by atomic mass is 32.2. The first-order valence-corrected chi connectivity index (χ1v) is 10.4. The molecule has 1 saturated heterocycles. The topological polar surface area (TPSA) is 44.4 Å². The van der Waals surface area contributed by atoms with Crippen LogP contribution in [-0.2, 0) is 11.3 Å². The number of amides is 1. The number of hydrogen-bond acceptors (Lipinski definition) is 4. The number of rotatable bonds is 7. The normalized spacial score (nSPS) is 25.2. The van der Waals surface area contributed by atoms with E-state index in [1.54, 1.807) is 11.8 Å². The summed E-state index contributed by atoms with van der Waals surface area (Å²) >= 11 is 1.59. The average Bonchev–Trinajstić information content (AvgIpc) is 2.59. The Morgan fingerprint density at radius 3 is 2.46 bits per heavy atom. The first-order valence-electron chi connectivity index (χ1n) is 9.05. The Hall–Kier alpha value is -1.04. The summed E-state index contributed by atoms with van der Waals surface area (Å²) in [6, 6.07) is 12.1. The lowest BCUT2D eigenvalue weighted by atomic mass is 9.85. The van der Waals surface area contributed by atoms with E-state index >= 15 is 0 Å². The highest BCUT2D eigenvalue weighted by molar-refractivity contribution is 7.99. The number of likely N-dealkylation sites (tertiary alicyclic amines) is 1. The Labute approximate surface area is 149 Å². The number of benzene rings is 1. The number of thioether (sulfide) groups is 1. The van der Waals surface area contributed by atoms with Gasteiger partial charge in [-0.2, -0.15) is 11.8 Å². The van der Waals surface area contributed by atoms with Crippen molar-refractivity contribution in [3.05, 3.63) is 35.9 Å². The molecule has 2 fully saturated rings. The molecule has 1 amide bonds. The molecule has 1 aromatic rings. The minimum atomic E-state index is 0.177. The summed E-state index contributed by atoms with van der Waals surface area (Å²) in [6.07, 6.45) is 6.68. The van der Waals surface area contributed by atoms with Gasteiger partial charge in [-0.25, -0.2) is 0 Å². The Balaban J connectivity index is 1.37. The predicted octanol–water partition coefficient (Wildman–Crippen LogP) is 2.25. The Bertz CT molecular complexity index is 517. The summed E-state index contributed by atoms with van der Waals surface area (Å²) in [6.45, 7) is 3.37. The maximum atomic E-state index is 11.7. The quantitative estimate of drug-likeness (QED) is 0.794. The van der Waals surface area contributed by atoms with Crippen LogP contribution in [0.3, 0.4) is 0 Å². The molecule has 2 unspecified atom stereocenters. The summed E-state index contributed by atoms with van der Waals surface area (Å²) in [5.41, 5.74) is 1.40. The molecule has 2 atom stereocenters. The largest absolute Gasteiger partial charge is 0.351 e. The number of nitrogens with one attached hydrogen (secondary N) is 2. The molecule has 3 rings (SSSR count). The fraction of sp³-hybridized carbons (Fsp3) is 0.632. The smallest absolute Gasteiger partial charge is 0.230 e. The molecule has 0 bridgehead atoms. The Morgan fingerprint density at radius 2 is 1.83 bits per heavy atom. The first kappa shape index (κ1) is 17.8. The number of carbonyl (C=O) groups excluding carboxylic acids is 1. The van der Waals surface area contributed by atoms with E-state index in [-0.39, 0.29) is 5.91 Å². The van der Waals surface area contributed by atoms with Gasteiger partial charge in [-0.15, -0.1) is 0 Å². The van der Waals surface area contributed by atoms with E-state index in [1.165, 1.54) is 24.8 Å². The van der Waals surface area contributed by atoms with Crippen LogP contribution in [-0.4, -0.2) is 54.0 Å². The van der Waals surface area contributed by atoms with Crippen LogP contribution >= 0.6 is 11.8 Å². The molecule has 4 nitrogen and oxygen atoms in total. The third-order valence-electron chi connectivity index (χ3n) is 5.18. The molecule has 0 spiro atoms. The zero-order chi connectivity index (χ0) is 16.8. The van der Waals surface area contributed by atoms with Crippen LogP contribution in [0.15, 0.2) is 30.3 Å². The molecule has 24 heavy (non-hydrogen) atoms. The molecule has 5 heteroatoms. The van der Waals surface area contributed by atoms with Crippen LogP contribution in [0.2, 0.25) is 0 Å². The van der Waals surface area contributed by atoms with Gasteiger partial charge in [-0.3, -0.25) is 9.69 Å². The van der Waals surface area contributed by atoms with Crippen molar-refractivity contribution in [2.24, 2.45) is 0 Å². The zero-order valence-electron chi connectivity index (χ0n) is 14.5. The van der Waals surface area contributed by atoms with Gasteiger partial charge in [-0.05, 0) is 50.6 Å². The highest BCUT2D eigenvalue weighted by Gasteiger charge is 2.34. The molecule has 1 saturated carbocycles. The standard InChI is InChI=1S/C19H29N3OS/c1-24-14-19(23)21-18-8-7-17(18)20-16-9-11-22(12-10-16)13-15-5-3-2-4-6-15/h2-6,16-18,20H,7-14H2,1H3,(H,21,23). The van der Waals surface area contributed by atoms with Crippen molar-refractivity contribution in [2.75, 3.05) is 25.1 Å². The summed E-state index contributed by atoms with van der Waals surface area (Å²) in [7, 11) is 0. The number of nitrogens with zero attached hydrogens (tertiary/aromatic N) is 1. The van der Waals surface area contributed by atoms with Gasteiger partial charge in [0.25, 0.3) is 0 Å². The van der Waals surface area contributed by atoms with Gasteiger partial charge in [-0.1, -0.05) is 30.3 Å². The van der Waals surface area contributed by atoms with Crippen LogP contribution < -0.4 is 10.6 Å². The van der Waals surface area contributed by atoms with Gasteiger partial charge < -0.3 is 10.6 Å². The molecule has 132 valence electrons. The van der Waals surface area contributed by atoms with Crippen molar-refractivity contribution in [1.82, 2.24) is 15.5 Å². The van der Waals surface area contributed by atoms with Crippen LogP contribution in [0.25, 0.3) is 0 Å². The fourth-order valence-corrected chi connectivity index (χ4v) is 4.00. The van der Waals surface area contributed by atoms with E-state index < -0.39 is 0 Å². The van der Waals surface area contributed by atoms with E-state index in [4.69, 9.17) is 0 Å². The van der Waals surface area contributed by atoms with Gasteiger partial charge in [0.1, 0.15) is 0 Å². The fourth-order valence-electron chi connectivity index (χ4n) is 3.65. The molecule has 1 heterocycles. The van der Waals surface area contributed by atoms with E-state index in [0.29, 0.717) is 23.9 Å². The lowest BCUT2D eigenvalue weighted by Gasteiger charge is -2.42. The van der Waals surface area contributed by atoms with Crippen LogP contribution in [0.1, 0.15) is 31.2 Å².